The number of rotatable bonds is 2. The average molecular weight is 374 g/mol. The Bertz CT molecular complexity index is 925. The van der Waals surface area contributed by atoms with Crippen molar-refractivity contribution in [3.63, 3.8) is 0 Å². The van der Waals surface area contributed by atoms with Gasteiger partial charge in [-0.2, -0.15) is 0 Å². The summed E-state index contributed by atoms with van der Waals surface area (Å²) in [6, 6.07) is 4.03. The van der Waals surface area contributed by atoms with Crippen molar-refractivity contribution < 1.29 is 13.6 Å². The Morgan fingerprint density at radius 2 is 1.96 bits per heavy atom. The van der Waals surface area contributed by atoms with Crippen molar-refractivity contribution >= 4 is 6.03 Å². The maximum atomic E-state index is 13.9. The minimum absolute atomic E-state index is 0.0163. The summed E-state index contributed by atoms with van der Waals surface area (Å²) >= 11 is 0. The van der Waals surface area contributed by atoms with E-state index >= 15 is 0 Å². The van der Waals surface area contributed by atoms with Crippen LogP contribution in [0.5, 0.6) is 0 Å². The van der Waals surface area contributed by atoms with E-state index in [2.05, 4.69) is 10.3 Å². The van der Waals surface area contributed by atoms with E-state index in [1.807, 2.05) is 6.07 Å². The number of piperidine rings is 1. The highest BCUT2D eigenvalue weighted by molar-refractivity contribution is 5.75. The first-order chi connectivity index (χ1) is 12.9. The van der Waals surface area contributed by atoms with Gasteiger partial charge in [0, 0.05) is 42.9 Å². The molecule has 1 saturated heterocycles. The first-order valence-corrected chi connectivity index (χ1v) is 8.98. The standard InChI is InChI=1S/C19H20F2N4O2/c1-11(18-14(20)6-22-7-15(18)21)23-19(27)24-8-12-5-13(10-24)16-3-2-4-17(26)25(16)9-12/h2-4,6-7,11-13H,5,8-10H2,1H3,(H,23,27)/t11?,12-,13+/m0/s1. The van der Waals surface area contributed by atoms with E-state index in [0.717, 1.165) is 24.5 Å². The second-order valence-electron chi connectivity index (χ2n) is 7.29. The smallest absolute Gasteiger partial charge is 0.317 e. The van der Waals surface area contributed by atoms with Gasteiger partial charge in [0.15, 0.2) is 0 Å². The van der Waals surface area contributed by atoms with E-state index in [9.17, 15) is 18.4 Å². The van der Waals surface area contributed by atoms with Crippen LogP contribution in [-0.4, -0.2) is 33.6 Å². The van der Waals surface area contributed by atoms with Crippen LogP contribution in [-0.2, 0) is 6.54 Å². The predicted molar refractivity (Wildman–Crippen MR) is 94.2 cm³/mol. The molecule has 142 valence electrons. The van der Waals surface area contributed by atoms with E-state index in [1.165, 1.54) is 0 Å². The molecule has 4 rings (SSSR count). The predicted octanol–water partition coefficient (Wildman–Crippen LogP) is 2.41. The number of nitrogens with zero attached hydrogens (tertiary/aromatic N) is 3. The highest BCUT2D eigenvalue weighted by Gasteiger charge is 2.36. The van der Waals surface area contributed by atoms with Crippen LogP contribution in [0, 0.1) is 17.6 Å². The lowest BCUT2D eigenvalue weighted by atomic mass is 9.83. The van der Waals surface area contributed by atoms with Crippen molar-refractivity contribution in [3.8, 4) is 0 Å². The number of hydrogen-bond donors (Lipinski definition) is 1. The summed E-state index contributed by atoms with van der Waals surface area (Å²) in [4.78, 5) is 29.9. The number of aromatic nitrogens is 2. The molecule has 1 N–H and O–H groups in total. The molecule has 27 heavy (non-hydrogen) atoms. The Morgan fingerprint density at radius 3 is 2.70 bits per heavy atom. The maximum Gasteiger partial charge on any atom is 0.317 e. The van der Waals surface area contributed by atoms with Crippen molar-refractivity contribution in [2.75, 3.05) is 13.1 Å². The Morgan fingerprint density at radius 1 is 1.22 bits per heavy atom. The number of halogens is 2. The van der Waals surface area contributed by atoms with Crippen LogP contribution in [0.4, 0.5) is 13.6 Å². The Kier molecular flexibility index (Phi) is 4.41. The summed E-state index contributed by atoms with van der Waals surface area (Å²) < 4.78 is 29.6. The summed E-state index contributed by atoms with van der Waals surface area (Å²) in [6.45, 7) is 3.11. The lowest BCUT2D eigenvalue weighted by Gasteiger charge is -2.42. The third-order valence-electron chi connectivity index (χ3n) is 5.43. The van der Waals surface area contributed by atoms with Gasteiger partial charge in [0.2, 0.25) is 0 Å². The third-order valence-corrected chi connectivity index (χ3v) is 5.43. The third kappa shape index (κ3) is 3.20. The number of hydrogen-bond acceptors (Lipinski definition) is 3. The molecular weight excluding hydrogens is 354 g/mol. The fourth-order valence-electron chi connectivity index (χ4n) is 4.25. The van der Waals surface area contributed by atoms with Gasteiger partial charge in [0.25, 0.3) is 5.56 Å². The van der Waals surface area contributed by atoms with Crippen LogP contribution in [0.1, 0.15) is 36.6 Å². The molecule has 0 spiro atoms. The van der Waals surface area contributed by atoms with Crippen LogP contribution >= 0.6 is 0 Å². The molecular formula is C19H20F2N4O2. The van der Waals surface area contributed by atoms with Crippen LogP contribution in [0.2, 0.25) is 0 Å². The molecule has 2 amide bonds. The first kappa shape index (κ1) is 17.6. The molecule has 0 aromatic carbocycles. The van der Waals surface area contributed by atoms with Crippen molar-refractivity contribution in [3.05, 3.63) is 63.8 Å². The van der Waals surface area contributed by atoms with Gasteiger partial charge in [-0.15, -0.1) is 0 Å². The van der Waals surface area contributed by atoms with Gasteiger partial charge in [-0.05, 0) is 25.3 Å². The van der Waals surface area contributed by atoms with E-state index in [-0.39, 0.29) is 29.0 Å². The fourth-order valence-corrected chi connectivity index (χ4v) is 4.25. The van der Waals surface area contributed by atoms with Crippen molar-refractivity contribution in [1.82, 2.24) is 19.8 Å². The molecule has 0 aliphatic carbocycles. The second kappa shape index (κ2) is 6.75. The van der Waals surface area contributed by atoms with E-state index < -0.39 is 17.7 Å². The maximum absolute atomic E-state index is 13.9. The quantitative estimate of drug-likeness (QED) is 0.878. The van der Waals surface area contributed by atoms with Gasteiger partial charge in [0.1, 0.15) is 11.6 Å². The Labute approximate surface area is 154 Å². The molecule has 2 aromatic rings. The first-order valence-electron chi connectivity index (χ1n) is 8.98. The van der Waals surface area contributed by atoms with Gasteiger partial charge < -0.3 is 14.8 Å². The molecule has 2 aromatic heterocycles. The molecule has 4 heterocycles. The zero-order valence-electron chi connectivity index (χ0n) is 14.9. The number of carbonyl (C=O) groups is 1. The normalized spacial score (nSPS) is 22.1. The zero-order chi connectivity index (χ0) is 19.1. The number of likely N-dealkylation sites (tertiary alicyclic amines) is 1. The van der Waals surface area contributed by atoms with Crippen LogP contribution < -0.4 is 10.9 Å². The SMILES string of the molecule is CC(NC(=O)N1C[C@@H]2C[C@H](C1)c1cccc(=O)n1C2)c1c(F)cncc1F. The topological polar surface area (TPSA) is 67.2 Å². The number of pyridine rings is 2. The highest BCUT2D eigenvalue weighted by atomic mass is 19.1. The number of carbonyl (C=O) groups excluding carboxylic acids is 1. The molecule has 0 saturated carbocycles. The van der Waals surface area contributed by atoms with Gasteiger partial charge in [-0.3, -0.25) is 9.78 Å². The molecule has 1 unspecified atom stereocenters. The molecule has 3 atom stereocenters. The van der Waals surface area contributed by atoms with E-state index in [1.54, 1.807) is 28.5 Å². The number of fused-ring (bicyclic) bond motifs is 4. The minimum atomic E-state index is -0.822. The van der Waals surface area contributed by atoms with E-state index in [0.29, 0.717) is 19.6 Å². The van der Waals surface area contributed by atoms with Crippen LogP contribution in [0.3, 0.4) is 0 Å². The number of nitrogens with one attached hydrogen (secondary N) is 1. The molecule has 2 aliphatic heterocycles. The summed E-state index contributed by atoms with van der Waals surface area (Å²) in [5, 5.41) is 2.68. The highest BCUT2D eigenvalue weighted by Crippen LogP contribution is 2.35. The molecule has 2 bridgehead atoms. The van der Waals surface area contributed by atoms with Gasteiger partial charge >= 0.3 is 6.03 Å². The zero-order valence-corrected chi connectivity index (χ0v) is 14.9. The second-order valence-corrected chi connectivity index (χ2v) is 7.29. The molecule has 2 aliphatic rings. The molecule has 6 nitrogen and oxygen atoms in total. The molecule has 1 fully saturated rings. The van der Waals surface area contributed by atoms with Crippen LogP contribution in [0.25, 0.3) is 0 Å². The van der Waals surface area contributed by atoms with Crippen molar-refractivity contribution in [1.29, 1.82) is 0 Å². The Hall–Kier alpha value is -2.77. The van der Waals surface area contributed by atoms with Crippen LogP contribution in [0.15, 0.2) is 35.4 Å². The summed E-state index contributed by atoms with van der Waals surface area (Å²) in [6.07, 6.45) is 2.79. The van der Waals surface area contributed by atoms with Gasteiger partial charge in [-0.1, -0.05) is 6.07 Å². The van der Waals surface area contributed by atoms with E-state index in [4.69, 9.17) is 0 Å². The summed E-state index contributed by atoms with van der Waals surface area (Å²) in [5.74, 6) is -1.30. The molecule has 0 radical (unpaired) electrons. The van der Waals surface area contributed by atoms with Gasteiger partial charge in [-0.25, -0.2) is 13.6 Å². The van der Waals surface area contributed by atoms with Crippen molar-refractivity contribution in [2.24, 2.45) is 5.92 Å². The lowest BCUT2D eigenvalue weighted by Crippen LogP contribution is -2.52. The average Bonchev–Trinajstić information content (AvgIpc) is 2.62. The minimum Gasteiger partial charge on any atom is -0.331 e. The van der Waals surface area contributed by atoms with Crippen molar-refractivity contribution in [2.45, 2.75) is 31.8 Å². The monoisotopic (exact) mass is 374 g/mol. The largest absolute Gasteiger partial charge is 0.331 e. The lowest BCUT2D eigenvalue weighted by molar-refractivity contribution is 0.129. The van der Waals surface area contributed by atoms with Gasteiger partial charge in [0.05, 0.1) is 18.4 Å². The Balaban J connectivity index is 1.51. The number of amides is 2. The summed E-state index contributed by atoms with van der Waals surface area (Å²) in [7, 11) is 0. The summed E-state index contributed by atoms with van der Waals surface area (Å²) in [5.41, 5.74) is 0.723. The number of urea groups is 1. The molecule has 8 heteroatoms. The fraction of sp³-hybridized carbons (Fsp3) is 0.421.